The Morgan fingerprint density at radius 1 is 1.18 bits per heavy atom. The summed E-state index contributed by atoms with van der Waals surface area (Å²) in [5.74, 6) is 1.49. The van der Waals surface area contributed by atoms with E-state index >= 15 is 0 Å². The fourth-order valence-corrected chi connectivity index (χ4v) is 4.37. The second-order valence-electron chi connectivity index (χ2n) is 8.92. The predicted octanol–water partition coefficient (Wildman–Crippen LogP) is 2.98. The Bertz CT molecular complexity index is 657. The summed E-state index contributed by atoms with van der Waals surface area (Å²) in [4.78, 5) is 9.78. The van der Waals surface area contributed by atoms with Crippen molar-refractivity contribution < 1.29 is 9.47 Å². The number of nitrogens with one attached hydrogen (secondary N) is 2. The van der Waals surface area contributed by atoms with Gasteiger partial charge in [0.05, 0.1) is 13.2 Å². The molecule has 0 radical (unpaired) electrons. The van der Waals surface area contributed by atoms with Gasteiger partial charge in [-0.15, -0.1) is 24.0 Å². The van der Waals surface area contributed by atoms with E-state index in [-0.39, 0.29) is 24.0 Å². The Labute approximate surface area is 217 Å². The van der Waals surface area contributed by atoms with Crippen LogP contribution in [0.1, 0.15) is 37.8 Å². The summed E-state index contributed by atoms with van der Waals surface area (Å²) < 4.78 is 11.2. The van der Waals surface area contributed by atoms with Gasteiger partial charge in [0.15, 0.2) is 5.96 Å². The van der Waals surface area contributed by atoms with E-state index in [1.54, 1.807) is 0 Å². The lowest BCUT2D eigenvalue weighted by Gasteiger charge is -2.40. The van der Waals surface area contributed by atoms with Crippen LogP contribution in [0.15, 0.2) is 35.3 Å². The molecule has 33 heavy (non-hydrogen) atoms. The van der Waals surface area contributed by atoms with E-state index in [1.807, 2.05) is 0 Å². The van der Waals surface area contributed by atoms with Crippen LogP contribution >= 0.6 is 24.0 Å². The van der Waals surface area contributed by atoms with Crippen molar-refractivity contribution in [2.24, 2.45) is 10.9 Å². The number of ether oxygens (including phenoxy) is 2. The van der Waals surface area contributed by atoms with E-state index in [0.717, 1.165) is 97.5 Å². The van der Waals surface area contributed by atoms with Gasteiger partial charge in [-0.1, -0.05) is 30.3 Å². The molecule has 1 aromatic carbocycles. The van der Waals surface area contributed by atoms with Crippen LogP contribution in [-0.2, 0) is 9.47 Å². The second-order valence-corrected chi connectivity index (χ2v) is 8.92. The summed E-state index contributed by atoms with van der Waals surface area (Å²) in [5, 5.41) is 6.86. The highest BCUT2D eigenvalue weighted by Crippen LogP contribution is 2.24. The van der Waals surface area contributed by atoms with Gasteiger partial charge < -0.3 is 25.0 Å². The van der Waals surface area contributed by atoms with Crippen LogP contribution < -0.4 is 10.6 Å². The lowest BCUT2D eigenvalue weighted by molar-refractivity contribution is 0.0890. The van der Waals surface area contributed by atoms with Crippen molar-refractivity contribution in [2.75, 3.05) is 79.3 Å². The SMILES string of the molecule is CCNC(=NCCCOCC1CCOC1)NCCCN1CCN(C)CC1c1ccccc1.I. The number of halogens is 1. The van der Waals surface area contributed by atoms with Crippen molar-refractivity contribution in [3.63, 3.8) is 0 Å². The smallest absolute Gasteiger partial charge is 0.191 e. The number of hydrogen-bond donors (Lipinski definition) is 2. The van der Waals surface area contributed by atoms with Crippen molar-refractivity contribution in [3.8, 4) is 0 Å². The Morgan fingerprint density at radius 2 is 2.03 bits per heavy atom. The molecule has 1 aromatic rings. The lowest BCUT2D eigenvalue weighted by atomic mass is 10.0. The van der Waals surface area contributed by atoms with E-state index in [2.05, 4.69) is 64.7 Å². The minimum atomic E-state index is 0. The standard InChI is InChI=1S/C25H43N5O2.HI/c1-3-26-25(28-13-8-17-31-20-22-11-18-32-21-22)27-12-7-14-30-16-15-29(2)19-24(30)23-9-5-4-6-10-23;/h4-6,9-10,22,24H,3,7-8,11-21H2,1-2H3,(H2,26,27,28);1H. The van der Waals surface area contributed by atoms with E-state index in [9.17, 15) is 0 Å². The third kappa shape index (κ3) is 10.5. The number of likely N-dealkylation sites (N-methyl/N-ethyl adjacent to an activating group) is 1. The van der Waals surface area contributed by atoms with Crippen LogP contribution in [0, 0.1) is 5.92 Å². The highest BCUT2D eigenvalue weighted by molar-refractivity contribution is 14.0. The Kier molecular flexibility index (Phi) is 14.3. The molecule has 2 aliphatic rings. The van der Waals surface area contributed by atoms with Crippen LogP contribution in [0.2, 0.25) is 0 Å². The first kappa shape index (κ1) is 28.3. The molecule has 0 aromatic heterocycles. The first-order valence-electron chi connectivity index (χ1n) is 12.4. The molecule has 2 unspecified atom stereocenters. The zero-order chi connectivity index (χ0) is 22.4. The summed E-state index contributed by atoms with van der Waals surface area (Å²) in [7, 11) is 2.22. The van der Waals surface area contributed by atoms with Gasteiger partial charge in [0, 0.05) is 71.0 Å². The van der Waals surface area contributed by atoms with Crippen molar-refractivity contribution >= 4 is 29.9 Å². The number of benzene rings is 1. The first-order valence-corrected chi connectivity index (χ1v) is 12.4. The van der Waals surface area contributed by atoms with Gasteiger partial charge in [0.1, 0.15) is 0 Å². The Balaban J connectivity index is 0.00000385. The molecular formula is C25H44IN5O2. The molecular weight excluding hydrogens is 529 g/mol. The minimum absolute atomic E-state index is 0. The van der Waals surface area contributed by atoms with Gasteiger partial charge in [-0.3, -0.25) is 9.89 Å². The Hall–Kier alpha value is -0.940. The van der Waals surface area contributed by atoms with Gasteiger partial charge >= 0.3 is 0 Å². The topological polar surface area (TPSA) is 61.4 Å². The molecule has 2 fully saturated rings. The van der Waals surface area contributed by atoms with Gasteiger partial charge in [0.2, 0.25) is 0 Å². The fourth-order valence-electron chi connectivity index (χ4n) is 4.37. The Morgan fingerprint density at radius 3 is 2.79 bits per heavy atom. The largest absolute Gasteiger partial charge is 0.381 e. The van der Waals surface area contributed by atoms with Gasteiger partial charge in [0.25, 0.3) is 0 Å². The van der Waals surface area contributed by atoms with Crippen molar-refractivity contribution in [2.45, 2.75) is 32.2 Å². The molecule has 0 aliphatic carbocycles. The first-order chi connectivity index (χ1) is 15.8. The quantitative estimate of drug-likeness (QED) is 0.174. The molecule has 0 bridgehead atoms. The average molecular weight is 574 g/mol. The number of guanidine groups is 1. The summed E-state index contributed by atoms with van der Waals surface area (Å²) >= 11 is 0. The summed E-state index contributed by atoms with van der Waals surface area (Å²) in [5.41, 5.74) is 1.42. The average Bonchev–Trinajstić information content (AvgIpc) is 3.33. The maximum absolute atomic E-state index is 5.78. The molecule has 2 N–H and O–H groups in total. The molecule has 0 saturated carbocycles. The minimum Gasteiger partial charge on any atom is -0.381 e. The zero-order valence-corrected chi connectivity index (χ0v) is 22.8. The molecule has 8 heteroatoms. The molecule has 7 nitrogen and oxygen atoms in total. The third-order valence-corrected chi connectivity index (χ3v) is 6.23. The monoisotopic (exact) mass is 573 g/mol. The molecule has 3 rings (SSSR count). The van der Waals surface area contributed by atoms with E-state index in [1.165, 1.54) is 5.56 Å². The predicted molar refractivity (Wildman–Crippen MR) is 147 cm³/mol. The molecule has 2 heterocycles. The summed E-state index contributed by atoms with van der Waals surface area (Å²) in [6.45, 7) is 12.5. The van der Waals surface area contributed by atoms with Crippen molar-refractivity contribution in [3.05, 3.63) is 35.9 Å². The molecule has 0 amide bonds. The second kappa shape index (κ2) is 16.6. The van der Waals surface area contributed by atoms with E-state index in [0.29, 0.717) is 12.0 Å². The van der Waals surface area contributed by atoms with Gasteiger partial charge in [-0.05, 0) is 38.8 Å². The maximum atomic E-state index is 5.78. The molecule has 2 saturated heterocycles. The molecule has 0 spiro atoms. The number of aliphatic imine (C=N–C) groups is 1. The zero-order valence-electron chi connectivity index (χ0n) is 20.5. The molecule has 2 atom stereocenters. The van der Waals surface area contributed by atoms with Crippen LogP contribution in [-0.4, -0.2) is 95.0 Å². The molecule has 2 aliphatic heterocycles. The van der Waals surface area contributed by atoms with Crippen LogP contribution in [0.5, 0.6) is 0 Å². The van der Waals surface area contributed by atoms with Gasteiger partial charge in [-0.25, -0.2) is 0 Å². The van der Waals surface area contributed by atoms with E-state index in [4.69, 9.17) is 14.5 Å². The van der Waals surface area contributed by atoms with Gasteiger partial charge in [-0.2, -0.15) is 0 Å². The van der Waals surface area contributed by atoms with Crippen molar-refractivity contribution in [1.82, 2.24) is 20.4 Å². The summed E-state index contributed by atoms with van der Waals surface area (Å²) in [6, 6.07) is 11.4. The van der Waals surface area contributed by atoms with Crippen LogP contribution in [0.3, 0.4) is 0 Å². The maximum Gasteiger partial charge on any atom is 0.191 e. The van der Waals surface area contributed by atoms with Crippen LogP contribution in [0.25, 0.3) is 0 Å². The number of hydrogen-bond acceptors (Lipinski definition) is 5. The lowest BCUT2D eigenvalue weighted by Crippen LogP contribution is -2.47. The summed E-state index contributed by atoms with van der Waals surface area (Å²) in [6.07, 6.45) is 3.18. The van der Waals surface area contributed by atoms with Crippen molar-refractivity contribution in [1.29, 1.82) is 0 Å². The van der Waals surface area contributed by atoms with E-state index < -0.39 is 0 Å². The highest BCUT2D eigenvalue weighted by Gasteiger charge is 2.25. The molecule has 188 valence electrons. The third-order valence-electron chi connectivity index (χ3n) is 6.23. The van der Waals surface area contributed by atoms with Crippen LogP contribution in [0.4, 0.5) is 0 Å². The normalized spacial score (nSPS) is 22.2. The number of piperazine rings is 1. The fraction of sp³-hybridized carbons (Fsp3) is 0.720. The number of nitrogens with zero attached hydrogens (tertiary/aromatic N) is 3. The number of rotatable bonds is 12. The highest BCUT2D eigenvalue weighted by atomic mass is 127.